The van der Waals surface area contributed by atoms with Crippen molar-refractivity contribution < 1.29 is 9.90 Å². The van der Waals surface area contributed by atoms with Crippen molar-refractivity contribution in [3.05, 3.63) is 11.1 Å². The van der Waals surface area contributed by atoms with E-state index >= 15 is 0 Å². The Morgan fingerprint density at radius 2 is 2.46 bits per heavy atom. The van der Waals surface area contributed by atoms with E-state index in [-0.39, 0.29) is 18.2 Å². The number of thioether (sulfide) groups is 1. The highest BCUT2D eigenvalue weighted by Gasteiger charge is 2.03. The summed E-state index contributed by atoms with van der Waals surface area (Å²) in [5.74, 6) is -0.776. The molecule has 0 spiro atoms. The van der Waals surface area contributed by atoms with Crippen LogP contribution < -0.4 is 5.73 Å². The van der Waals surface area contributed by atoms with Gasteiger partial charge in [0.1, 0.15) is 0 Å². The van der Waals surface area contributed by atoms with Crippen molar-refractivity contribution in [1.29, 1.82) is 0 Å². The molecule has 3 N–H and O–H groups in total. The molecule has 1 heterocycles. The van der Waals surface area contributed by atoms with E-state index in [0.29, 0.717) is 6.54 Å². The third-order valence-electron chi connectivity index (χ3n) is 1.05. The number of rotatable bonds is 4. The molecule has 1 rings (SSSR count). The van der Waals surface area contributed by atoms with Crippen molar-refractivity contribution in [3.8, 4) is 0 Å². The summed E-state index contributed by atoms with van der Waals surface area (Å²) in [6.07, 6.45) is 1.68. The third-order valence-corrected chi connectivity index (χ3v) is 3.21. The minimum absolute atomic E-state index is 0. The van der Waals surface area contributed by atoms with Gasteiger partial charge in [0.2, 0.25) is 0 Å². The Kier molecular flexibility index (Phi) is 6.06. The van der Waals surface area contributed by atoms with Crippen LogP contribution in [-0.2, 0) is 11.3 Å². The SMILES string of the molecule is Cl.NCc1cnc(SCC(=O)O)s1. The molecule has 0 bridgehead atoms. The Morgan fingerprint density at radius 1 is 1.77 bits per heavy atom. The molecule has 0 aliphatic heterocycles. The zero-order valence-electron chi connectivity index (χ0n) is 6.60. The third kappa shape index (κ3) is 4.47. The molecule has 0 atom stereocenters. The zero-order valence-corrected chi connectivity index (χ0v) is 9.05. The Balaban J connectivity index is 0.00000144. The van der Waals surface area contributed by atoms with Crippen molar-refractivity contribution in [1.82, 2.24) is 4.98 Å². The van der Waals surface area contributed by atoms with Gasteiger partial charge < -0.3 is 10.8 Å². The summed E-state index contributed by atoms with van der Waals surface area (Å²) in [4.78, 5) is 15.2. The van der Waals surface area contributed by atoms with Crippen LogP contribution in [-0.4, -0.2) is 21.8 Å². The first-order valence-corrected chi connectivity index (χ1v) is 5.02. The molecular formula is C6H9ClN2O2S2. The molecule has 74 valence electrons. The molecule has 0 amide bonds. The second-order valence-electron chi connectivity index (χ2n) is 1.98. The Labute approximate surface area is 90.0 Å². The van der Waals surface area contributed by atoms with E-state index in [4.69, 9.17) is 10.8 Å². The standard InChI is InChI=1S/C6H8N2O2S2.ClH/c7-1-4-2-8-6(12-4)11-3-5(9)10;/h2H,1,3,7H2,(H,9,10);1H. The Morgan fingerprint density at radius 3 is 2.92 bits per heavy atom. The molecular weight excluding hydrogens is 232 g/mol. The number of hydrogen-bond donors (Lipinski definition) is 2. The summed E-state index contributed by atoms with van der Waals surface area (Å²) in [5.41, 5.74) is 5.36. The van der Waals surface area contributed by atoms with E-state index in [9.17, 15) is 4.79 Å². The van der Waals surface area contributed by atoms with Gasteiger partial charge in [-0.05, 0) is 0 Å². The van der Waals surface area contributed by atoms with E-state index in [1.54, 1.807) is 6.20 Å². The van der Waals surface area contributed by atoms with Crippen LogP contribution >= 0.6 is 35.5 Å². The highest BCUT2D eigenvalue weighted by atomic mass is 35.5. The summed E-state index contributed by atoms with van der Waals surface area (Å²) in [7, 11) is 0. The normalized spacial score (nSPS) is 9.31. The summed E-state index contributed by atoms with van der Waals surface area (Å²) in [6.45, 7) is 0.464. The number of nitrogens with zero attached hydrogens (tertiary/aromatic N) is 1. The molecule has 4 nitrogen and oxygen atoms in total. The number of hydrogen-bond acceptors (Lipinski definition) is 5. The van der Waals surface area contributed by atoms with Crippen molar-refractivity contribution >= 4 is 41.5 Å². The second-order valence-corrected chi connectivity index (χ2v) is 4.32. The molecule has 0 aromatic carbocycles. The fourth-order valence-electron chi connectivity index (χ4n) is 0.574. The molecule has 0 saturated carbocycles. The zero-order chi connectivity index (χ0) is 8.97. The molecule has 0 radical (unpaired) electrons. The number of halogens is 1. The highest BCUT2D eigenvalue weighted by Crippen LogP contribution is 2.23. The first kappa shape index (κ1) is 12.7. The molecule has 0 fully saturated rings. The van der Waals surface area contributed by atoms with Crippen molar-refractivity contribution in [2.45, 2.75) is 10.9 Å². The molecule has 0 aliphatic carbocycles. The van der Waals surface area contributed by atoms with Gasteiger partial charge in [-0.2, -0.15) is 0 Å². The first-order chi connectivity index (χ1) is 5.72. The van der Waals surface area contributed by atoms with Crippen molar-refractivity contribution in [2.24, 2.45) is 5.73 Å². The maximum absolute atomic E-state index is 10.2. The monoisotopic (exact) mass is 240 g/mol. The van der Waals surface area contributed by atoms with Gasteiger partial charge >= 0.3 is 5.97 Å². The van der Waals surface area contributed by atoms with Gasteiger partial charge in [0.25, 0.3) is 0 Å². The van der Waals surface area contributed by atoms with Gasteiger partial charge in [0.05, 0.1) is 5.75 Å². The highest BCUT2D eigenvalue weighted by molar-refractivity contribution is 8.01. The first-order valence-electron chi connectivity index (χ1n) is 3.21. The van der Waals surface area contributed by atoms with Gasteiger partial charge in [0, 0.05) is 17.6 Å². The lowest BCUT2D eigenvalue weighted by atomic mass is 10.6. The number of carboxylic acid groups (broad SMARTS) is 1. The number of nitrogens with two attached hydrogens (primary N) is 1. The van der Waals surface area contributed by atoms with E-state index < -0.39 is 5.97 Å². The van der Waals surface area contributed by atoms with E-state index in [2.05, 4.69) is 4.98 Å². The minimum atomic E-state index is -0.829. The molecule has 0 unspecified atom stereocenters. The lowest BCUT2D eigenvalue weighted by Gasteiger charge is -1.89. The fraction of sp³-hybridized carbons (Fsp3) is 0.333. The van der Waals surface area contributed by atoms with Crippen LogP contribution in [0.25, 0.3) is 0 Å². The van der Waals surface area contributed by atoms with Crippen LogP contribution in [0.15, 0.2) is 10.5 Å². The largest absolute Gasteiger partial charge is 0.481 e. The molecule has 1 aromatic heterocycles. The Bertz CT molecular complexity index is 279. The number of carboxylic acids is 1. The number of aliphatic carboxylic acids is 1. The van der Waals surface area contributed by atoms with E-state index in [1.165, 1.54) is 23.1 Å². The molecule has 0 aliphatic rings. The van der Waals surface area contributed by atoms with Gasteiger partial charge in [-0.1, -0.05) is 11.8 Å². The predicted octanol–water partition coefficient (Wildman–Crippen LogP) is 1.20. The summed E-state index contributed by atoms with van der Waals surface area (Å²) in [6, 6.07) is 0. The van der Waals surface area contributed by atoms with Crippen molar-refractivity contribution in [2.75, 3.05) is 5.75 Å². The number of carbonyl (C=O) groups is 1. The van der Waals surface area contributed by atoms with Crippen molar-refractivity contribution in [3.63, 3.8) is 0 Å². The average Bonchev–Trinajstić information content (AvgIpc) is 2.48. The van der Waals surface area contributed by atoms with E-state index in [1.807, 2.05) is 0 Å². The summed E-state index contributed by atoms with van der Waals surface area (Å²) < 4.78 is 0.762. The molecule has 0 saturated heterocycles. The van der Waals surface area contributed by atoms with Crippen LogP contribution in [0.3, 0.4) is 0 Å². The minimum Gasteiger partial charge on any atom is -0.481 e. The second kappa shape index (κ2) is 6.20. The lowest BCUT2D eigenvalue weighted by Crippen LogP contribution is -1.96. The van der Waals surface area contributed by atoms with Crippen LogP contribution in [0.2, 0.25) is 0 Å². The maximum Gasteiger partial charge on any atom is 0.313 e. The quantitative estimate of drug-likeness (QED) is 0.774. The van der Waals surface area contributed by atoms with Gasteiger partial charge in [-0.3, -0.25) is 4.79 Å². The molecule has 7 heteroatoms. The van der Waals surface area contributed by atoms with Crippen LogP contribution in [0.5, 0.6) is 0 Å². The van der Waals surface area contributed by atoms with E-state index in [0.717, 1.165) is 9.22 Å². The predicted molar refractivity (Wildman–Crippen MR) is 55.6 cm³/mol. The topological polar surface area (TPSA) is 76.2 Å². The smallest absolute Gasteiger partial charge is 0.313 e. The summed E-state index contributed by atoms with van der Waals surface area (Å²) >= 11 is 2.66. The van der Waals surface area contributed by atoms with Crippen LogP contribution in [0.1, 0.15) is 4.88 Å². The number of thiazole rings is 1. The van der Waals surface area contributed by atoms with Gasteiger partial charge in [0.15, 0.2) is 4.34 Å². The fourth-order valence-corrected chi connectivity index (χ4v) is 2.20. The van der Waals surface area contributed by atoms with Gasteiger partial charge in [-0.25, -0.2) is 4.98 Å². The number of aromatic nitrogens is 1. The van der Waals surface area contributed by atoms with Crippen LogP contribution in [0, 0.1) is 0 Å². The van der Waals surface area contributed by atoms with Crippen LogP contribution in [0.4, 0.5) is 0 Å². The lowest BCUT2D eigenvalue weighted by molar-refractivity contribution is -0.133. The van der Waals surface area contributed by atoms with Gasteiger partial charge in [-0.15, -0.1) is 23.7 Å². The Hall–Kier alpha value is -0.300. The average molecular weight is 241 g/mol. The maximum atomic E-state index is 10.2. The molecule has 13 heavy (non-hydrogen) atoms. The summed E-state index contributed by atoms with van der Waals surface area (Å²) in [5, 5.41) is 8.37. The molecule has 1 aromatic rings.